The molecule has 0 aromatic carbocycles. The smallest absolute Gasteiger partial charge is 0.462 e. The van der Waals surface area contributed by atoms with Crippen LogP contribution in [0.15, 0.2) is 0 Å². The van der Waals surface area contributed by atoms with Crippen LogP contribution in [0.5, 0.6) is 0 Å². The topological polar surface area (TPSA) is 237 Å². The zero-order chi connectivity index (χ0) is 68.6. The van der Waals surface area contributed by atoms with Crippen molar-refractivity contribution in [1.29, 1.82) is 0 Å². The molecule has 0 spiro atoms. The molecule has 0 saturated heterocycles. The Morgan fingerprint density at radius 3 is 0.731 bits per heavy atom. The number of phosphoric acid groups is 2. The van der Waals surface area contributed by atoms with Gasteiger partial charge in [0.15, 0.2) is 12.2 Å². The van der Waals surface area contributed by atoms with Crippen molar-refractivity contribution >= 4 is 39.5 Å². The molecule has 0 aromatic rings. The standard InChI is InChI=1S/C74H144O17P2/c1-7-9-11-13-15-17-26-34-40-46-52-58-73(78)90-69(62-84-71(76)56-50-44-38-16-14-12-10-8-2)64-88-92(80,81)86-60-68(75)61-87-93(82,83)89-65-70(63-85-72(77)57-51-45-39-33-30-29-32-37-43-49-55-67(5)6)91-74(79)59-53-47-41-35-28-25-23-21-19-18-20-22-24-27-31-36-42-48-54-66(3)4/h66-70,75H,7-65H2,1-6H3,(H,80,81)(H,82,83)/t68-,69+,70+/m0/s1. The van der Waals surface area contributed by atoms with Gasteiger partial charge in [-0.05, 0) is 37.5 Å². The van der Waals surface area contributed by atoms with E-state index in [1.807, 2.05) is 0 Å². The second-order valence-electron chi connectivity index (χ2n) is 27.6. The molecule has 19 heteroatoms. The van der Waals surface area contributed by atoms with E-state index < -0.39 is 97.5 Å². The number of hydrogen-bond donors (Lipinski definition) is 3. The van der Waals surface area contributed by atoms with Gasteiger partial charge in [-0.25, -0.2) is 9.13 Å². The van der Waals surface area contributed by atoms with E-state index in [0.717, 1.165) is 108 Å². The van der Waals surface area contributed by atoms with Gasteiger partial charge >= 0.3 is 39.5 Å². The predicted octanol–water partition coefficient (Wildman–Crippen LogP) is 21.6. The number of ether oxygens (including phenoxy) is 4. The largest absolute Gasteiger partial charge is 0.472 e. The first kappa shape index (κ1) is 91.1. The molecule has 0 aliphatic heterocycles. The molecule has 0 rings (SSSR count). The fourth-order valence-corrected chi connectivity index (χ4v) is 12.9. The maximum Gasteiger partial charge on any atom is 0.472 e. The van der Waals surface area contributed by atoms with Crippen LogP contribution in [-0.4, -0.2) is 96.7 Å². The Morgan fingerprint density at radius 2 is 0.495 bits per heavy atom. The molecule has 17 nitrogen and oxygen atoms in total. The van der Waals surface area contributed by atoms with Crippen LogP contribution >= 0.6 is 15.6 Å². The van der Waals surface area contributed by atoms with Gasteiger partial charge in [-0.3, -0.25) is 37.3 Å². The number of carbonyl (C=O) groups is 4. The van der Waals surface area contributed by atoms with Gasteiger partial charge < -0.3 is 33.8 Å². The normalized spacial score (nSPS) is 14.1. The quantitative estimate of drug-likeness (QED) is 0.0222. The molecule has 0 radical (unpaired) electrons. The monoisotopic (exact) mass is 1370 g/mol. The zero-order valence-electron chi connectivity index (χ0n) is 60.6. The molecule has 2 unspecified atom stereocenters. The third-order valence-corrected chi connectivity index (χ3v) is 19.1. The van der Waals surface area contributed by atoms with E-state index in [2.05, 4.69) is 41.5 Å². The van der Waals surface area contributed by atoms with Gasteiger partial charge in [0.05, 0.1) is 26.4 Å². The first-order chi connectivity index (χ1) is 44.9. The first-order valence-electron chi connectivity index (χ1n) is 38.5. The summed E-state index contributed by atoms with van der Waals surface area (Å²) in [5.74, 6) is -0.542. The lowest BCUT2D eigenvalue weighted by molar-refractivity contribution is -0.161. The Hall–Kier alpha value is -1.94. The predicted molar refractivity (Wildman–Crippen MR) is 377 cm³/mol. The van der Waals surface area contributed by atoms with Gasteiger partial charge in [-0.1, -0.05) is 330 Å². The minimum atomic E-state index is -4.95. The van der Waals surface area contributed by atoms with Crippen LogP contribution in [0.1, 0.15) is 382 Å². The highest BCUT2D eigenvalue weighted by molar-refractivity contribution is 7.47. The summed E-state index contributed by atoms with van der Waals surface area (Å²) >= 11 is 0. The van der Waals surface area contributed by atoms with Crippen LogP contribution in [0.2, 0.25) is 0 Å². The third-order valence-electron chi connectivity index (χ3n) is 17.2. The highest BCUT2D eigenvalue weighted by Crippen LogP contribution is 2.45. The molecule has 0 amide bonds. The molecule has 93 heavy (non-hydrogen) atoms. The second-order valence-corrected chi connectivity index (χ2v) is 30.5. The number of unbranched alkanes of at least 4 members (excludes halogenated alkanes) is 43. The van der Waals surface area contributed by atoms with E-state index in [1.165, 1.54) is 193 Å². The third kappa shape index (κ3) is 68.4. The van der Waals surface area contributed by atoms with Crippen LogP contribution in [-0.2, 0) is 65.4 Å². The summed E-state index contributed by atoms with van der Waals surface area (Å²) in [4.78, 5) is 72.6. The molecular weight excluding hydrogens is 1220 g/mol. The van der Waals surface area contributed by atoms with E-state index in [1.54, 1.807) is 0 Å². The Kier molecular flexibility index (Phi) is 64.6. The van der Waals surface area contributed by atoms with Crippen molar-refractivity contribution in [3.05, 3.63) is 0 Å². The molecule has 0 aliphatic rings. The van der Waals surface area contributed by atoms with Crippen LogP contribution in [0, 0.1) is 11.8 Å². The summed E-state index contributed by atoms with van der Waals surface area (Å²) in [5, 5.41) is 10.6. The van der Waals surface area contributed by atoms with Gasteiger partial charge in [0, 0.05) is 25.7 Å². The molecule has 0 aliphatic carbocycles. The number of aliphatic hydroxyl groups is 1. The fourth-order valence-electron chi connectivity index (χ4n) is 11.3. The average Bonchev–Trinajstić information content (AvgIpc) is 2.69. The maximum atomic E-state index is 13.1. The van der Waals surface area contributed by atoms with E-state index in [9.17, 15) is 43.2 Å². The molecule has 0 fully saturated rings. The van der Waals surface area contributed by atoms with Crippen molar-refractivity contribution in [1.82, 2.24) is 0 Å². The van der Waals surface area contributed by atoms with Crippen molar-refractivity contribution in [3.63, 3.8) is 0 Å². The second kappa shape index (κ2) is 66.0. The maximum absolute atomic E-state index is 13.1. The van der Waals surface area contributed by atoms with Gasteiger partial charge in [0.1, 0.15) is 19.3 Å². The number of rotatable bonds is 73. The summed E-state index contributed by atoms with van der Waals surface area (Å²) in [5.41, 5.74) is 0. The molecule has 3 N–H and O–H groups in total. The lowest BCUT2D eigenvalue weighted by atomic mass is 10.0. The number of esters is 4. The van der Waals surface area contributed by atoms with E-state index in [0.29, 0.717) is 25.7 Å². The van der Waals surface area contributed by atoms with Gasteiger partial charge in [0.25, 0.3) is 0 Å². The summed E-state index contributed by atoms with van der Waals surface area (Å²) in [6.07, 6.45) is 52.8. The number of carbonyl (C=O) groups excluding carboxylic acids is 4. The first-order valence-corrected chi connectivity index (χ1v) is 41.5. The minimum absolute atomic E-state index is 0.107. The molecular formula is C74H144O17P2. The fraction of sp³-hybridized carbons (Fsp3) is 0.946. The molecule has 0 heterocycles. The minimum Gasteiger partial charge on any atom is -0.462 e. The van der Waals surface area contributed by atoms with Crippen LogP contribution in [0.3, 0.4) is 0 Å². The molecule has 0 saturated carbocycles. The van der Waals surface area contributed by atoms with Crippen LogP contribution in [0.4, 0.5) is 0 Å². The van der Waals surface area contributed by atoms with Crippen molar-refractivity contribution in [2.24, 2.45) is 11.8 Å². The molecule has 5 atom stereocenters. The number of phosphoric ester groups is 2. The number of hydrogen-bond acceptors (Lipinski definition) is 15. The van der Waals surface area contributed by atoms with Crippen molar-refractivity contribution in [2.75, 3.05) is 39.6 Å². The van der Waals surface area contributed by atoms with Gasteiger partial charge in [0.2, 0.25) is 0 Å². The van der Waals surface area contributed by atoms with E-state index in [-0.39, 0.29) is 25.7 Å². The van der Waals surface area contributed by atoms with Crippen molar-refractivity contribution in [2.45, 2.75) is 400 Å². The van der Waals surface area contributed by atoms with Crippen molar-refractivity contribution < 1.29 is 80.2 Å². The Morgan fingerprint density at radius 1 is 0.290 bits per heavy atom. The Balaban J connectivity index is 5.17. The van der Waals surface area contributed by atoms with Crippen LogP contribution in [0.25, 0.3) is 0 Å². The van der Waals surface area contributed by atoms with E-state index in [4.69, 9.17) is 37.0 Å². The Bertz CT molecular complexity index is 1800. The summed E-state index contributed by atoms with van der Waals surface area (Å²) in [6.45, 7) is 9.58. The summed E-state index contributed by atoms with van der Waals surface area (Å²) in [7, 11) is -9.90. The molecule has 0 aromatic heterocycles. The zero-order valence-corrected chi connectivity index (χ0v) is 62.3. The summed E-state index contributed by atoms with van der Waals surface area (Å²) in [6, 6.07) is 0. The highest BCUT2D eigenvalue weighted by atomic mass is 31.2. The van der Waals surface area contributed by atoms with Gasteiger partial charge in [-0.15, -0.1) is 0 Å². The Labute approximate surface area is 568 Å². The van der Waals surface area contributed by atoms with Gasteiger partial charge in [-0.2, -0.15) is 0 Å². The van der Waals surface area contributed by atoms with Crippen molar-refractivity contribution in [3.8, 4) is 0 Å². The molecule has 552 valence electrons. The summed E-state index contributed by atoms with van der Waals surface area (Å²) < 4.78 is 68.3. The van der Waals surface area contributed by atoms with Crippen LogP contribution < -0.4 is 0 Å². The highest BCUT2D eigenvalue weighted by Gasteiger charge is 2.30. The SMILES string of the molecule is CCCCCCCCCCCCCC(=O)O[C@H](COC(=O)CCCCCCCCCC)COP(=O)(O)OC[C@H](O)COP(=O)(O)OC[C@@H](COC(=O)CCCCCCCCCCCCC(C)C)OC(=O)CCCCCCCCCCCCCCCCCCCCC(C)C. The van der Waals surface area contributed by atoms with E-state index >= 15 is 0 Å². The number of aliphatic hydroxyl groups excluding tert-OH is 1. The average molecular weight is 1370 g/mol. The lowest BCUT2D eigenvalue weighted by Gasteiger charge is -2.21. The lowest BCUT2D eigenvalue weighted by Crippen LogP contribution is -2.30. The molecule has 0 bridgehead atoms.